The first-order valence-electron chi connectivity index (χ1n) is 9.40. The number of non-ortho nitro benzene ring substituents is 1. The van der Waals surface area contributed by atoms with Crippen LogP contribution in [-0.4, -0.2) is 33.3 Å². The van der Waals surface area contributed by atoms with Gasteiger partial charge in [0.2, 0.25) is 5.91 Å². The van der Waals surface area contributed by atoms with Gasteiger partial charge in [0.1, 0.15) is 17.3 Å². The lowest BCUT2D eigenvalue weighted by molar-refractivity contribution is -0.384. The number of ether oxygens (including phenoxy) is 1. The molecular weight excluding hydrogens is 402 g/mol. The van der Waals surface area contributed by atoms with E-state index < -0.39 is 16.7 Å². The third-order valence-corrected chi connectivity index (χ3v) is 4.73. The van der Waals surface area contributed by atoms with Crippen LogP contribution in [0, 0.1) is 10.1 Å². The van der Waals surface area contributed by atoms with Gasteiger partial charge in [-0.3, -0.25) is 24.6 Å². The molecule has 10 nitrogen and oxygen atoms in total. The van der Waals surface area contributed by atoms with E-state index in [1.165, 1.54) is 23.1 Å². The Labute approximate surface area is 176 Å². The van der Waals surface area contributed by atoms with E-state index in [4.69, 9.17) is 10.5 Å². The van der Waals surface area contributed by atoms with Crippen molar-refractivity contribution in [2.45, 2.75) is 13.3 Å². The minimum Gasteiger partial charge on any atom is -0.494 e. The number of nitro benzene ring substituents is 1. The number of rotatable bonds is 6. The second-order valence-corrected chi connectivity index (χ2v) is 6.70. The summed E-state index contributed by atoms with van der Waals surface area (Å²) < 4.78 is 5.43. The van der Waals surface area contributed by atoms with E-state index in [9.17, 15) is 19.7 Å². The smallest absolute Gasteiger partial charge is 0.271 e. The molecule has 1 aliphatic heterocycles. The standard InChI is InChI=1S/C21H17N5O5/c1-2-31-15-8-6-12(7-9-15)20-23-18(19(22)28)16-11-17(27)25(21(16)24-20)13-4-3-5-14(10-13)26(29)30/h3-10H,2,11H2,1H3,(H2,22,28). The molecule has 0 aliphatic carbocycles. The molecule has 0 spiro atoms. The van der Waals surface area contributed by atoms with Gasteiger partial charge in [-0.15, -0.1) is 0 Å². The Morgan fingerprint density at radius 3 is 2.61 bits per heavy atom. The van der Waals surface area contributed by atoms with E-state index in [-0.39, 0.29) is 35.1 Å². The number of benzene rings is 2. The number of carbonyl (C=O) groups is 2. The van der Waals surface area contributed by atoms with Gasteiger partial charge in [0.15, 0.2) is 5.82 Å². The number of anilines is 2. The number of hydrogen-bond acceptors (Lipinski definition) is 7. The Morgan fingerprint density at radius 2 is 1.97 bits per heavy atom. The summed E-state index contributed by atoms with van der Waals surface area (Å²) in [5.74, 6) is -0.148. The summed E-state index contributed by atoms with van der Waals surface area (Å²) in [6.07, 6.45) is -0.139. The first-order chi connectivity index (χ1) is 14.9. The predicted molar refractivity (Wildman–Crippen MR) is 111 cm³/mol. The van der Waals surface area contributed by atoms with Gasteiger partial charge >= 0.3 is 0 Å². The molecule has 1 aromatic heterocycles. The van der Waals surface area contributed by atoms with Gasteiger partial charge in [-0.25, -0.2) is 9.97 Å². The lowest BCUT2D eigenvalue weighted by Crippen LogP contribution is -2.21. The summed E-state index contributed by atoms with van der Waals surface area (Å²) in [5, 5.41) is 11.2. The maximum atomic E-state index is 12.8. The van der Waals surface area contributed by atoms with Crippen molar-refractivity contribution in [3.8, 4) is 17.1 Å². The number of fused-ring (bicyclic) bond motifs is 1. The van der Waals surface area contributed by atoms with Gasteiger partial charge in [0, 0.05) is 23.3 Å². The average molecular weight is 419 g/mol. The summed E-state index contributed by atoms with van der Waals surface area (Å²) in [6, 6.07) is 12.6. The number of aromatic nitrogens is 2. The number of primary amides is 1. The number of carbonyl (C=O) groups excluding carboxylic acids is 2. The molecule has 10 heteroatoms. The average Bonchev–Trinajstić information content (AvgIpc) is 3.09. The lowest BCUT2D eigenvalue weighted by Gasteiger charge is -2.17. The Hall–Kier alpha value is -4.34. The van der Waals surface area contributed by atoms with E-state index in [0.29, 0.717) is 23.5 Å². The van der Waals surface area contributed by atoms with Crippen LogP contribution < -0.4 is 15.4 Å². The number of nitrogens with zero attached hydrogens (tertiary/aromatic N) is 4. The molecule has 31 heavy (non-hydrogen) atoms. The van der Waals surface area contributed by atoms with E-state index >= 15 is 0 Å². The fraction of sp³-hybridized carbons (Fsp3) is 0.143. The Morgan fingerprint density at radius 1 is 1.23 bits per heavy atom. The quantitative estimate of drug-likeness (QED) is 0.478. The van der Waals surface area contributed by atoms with Crippen LogP contribution >= 0.6 is 0 Å². The van der Waals surface area contributed by atoms with Crippen molar-refractivity contribution in [1.29, 1.82) is 0 Å². The van der Waals surface area contributed by atoms with Crippen LogP contribution in [0.25, 0.3) is 11.4 Å². The SMILES string of the molecule is CCOc1ccc(-c2nc(C(N)=O)c3c(n2)N(c2cccc([N+](=O)[O-])c2)C(=O)C3)cc1. The first-order valence-corrected chi connectivity index (χ1v) is 9.40. The van der Waals surface area contributed by atoms with E-state index in [2.05, 4.69) is 9.97 Å². The van der Waals surface area contributed by atoms with Crippen LogP contribution in [0.1, 0.15) is 23.0 Å². The van der Waals surface area contributed by atoms with Gasteiger partial charge in [-0.05, 0) is 37.3 Å². The highest BCUT2D eigenvalue weighted by molar-refractivity contribution is 6.09. The summed E-state index contributed by atoms with van der Waals surface area (Å²) in [7, 11) is 0. The molecule has 0 saturated heterocycles. The van der Waals surface area contributed by atoms with Crippen LogP contribution in [0.4, 0.5) is 17.2 Å². The molecular formula is C21H17N5O5. The van der Waals surface area contributed by atoms with E-state index in [1.807, 2.05) is 6.92 Å². The van der Waals surface area contributed by atoms with Crippen molar-refractivity contribution < 1.29 is 19.2 Å². The van der Waals surface area contributed by atoms with Gasteiger partial charge in [0.05, 0.1) is 23.6 Å². The minimum atomic E-state index is -0.792. The highest BCUT2D eigenvalue weighted by Gasteiger charge is 2.35. The number of nitrogens with two attached hydrogens (primary N) is 1. The second-order valence-electron chi connectivity index (χ2n) is 6.70. The highest BCUT2D eigenvalue weighted by Crippen LogP contribution is 2.37. The largest absolute Gasteiger partial charge is 0.494 e. The normalized spacial score (nSPS) is 12.5. The zero-order valence-corrected chi connectivity index (χ0v) is 16.4. The third-order valence-electron chi connectivity index (χ3n) is 4.73. The zero-order valence-electron chi connectivity index (χ0n) is 16.4. The molecule has 0 bridgehead atoms. The highest BCUT2D eigenvalue weighted by atomic mass is 16.6. The van der Waals surface area contributed by atoms with Crippen molar-refractivity contribution in [3.63, 3.8) is 0 Å². The van der Waals surface area contributed by atoms with Gasteiger partial charge in [-0.1, -0.05) is 6.07 Å². The Balaban J connectivity index is 1.85. The molecule has 0 fully saturated rings. The molecule has 2 aromatic carbocycles. The topological polar surface area (TPSA) is 142 Å². The predicted octanol–water partition coefficient (Wildman–Crippen LogP) is 2.77. The molecule has 3 aromatic rings. The monoisotopic (exact) mass is 419 g/mol. The first kappa shape index (κ1) is 20.0. The number of nitro groups is 1. The van der Waals surface area contributed by atoms with E-state index in [1.54, 1.807) is 30.3 Å². The van der Waals surface area contributed by atoms with Crippen molar-refractivity contribution in [3.05, 3.63) is 69.9 Å². The van der Waals surface area contributed by atoms with E-state index in [0.717, 1.165) is 0 Å². The minimum absolute atomic E-state index is 0.0600. The van der Waals surface area contributed by atoms with Gasteiger partial charge < -0.3 is 10.5 Å². The van der Waals surface area contributed by atoms with Crippen LogP contribution in [0.5, 0.6) is 5.75 Å². The Bertz CT molecular complexity index is 1210. The van der Waals surface area contributed by atoms with Crippen molar-refractivity contribution in [2.24, 2.45) is 5.73 Å². The number of amides is 2. The van der Waals surface area contributed by atoms with Crippen LogP contribution in [0.15, 0.2) is 48.5 Å². The fourth-order valence-corrected chi connectivity index (χ4v) is 3.38. The molecule has 2 amide bonds. The third kappa shape index (κ3) is 3.66. The molecule has 2 N–H and O–H groups in total. The molecule has 0 unspecified atom stereocenters. The summed E-state index contributed by atoms with van der Waals surface area (Å²) in [4.78, 5) is 45.5. The summed E-state index contributed by atoms with van der Waals surface area (Å²) >= 11 is 0. The Kier molecular flexibility index (Phi) is 5.04. The number of hydrogen-bond donors (Lipinski definition) is 1. The molecule has 1 aliphatic rings. The van der Waals surface area contributed by atoms with Crippen LogP contribution in [0.2, 0.25) is 0 Å². The summed E-state index contributed by atoms with van der Waals surface area (Å²) in [6.45, 7) is 2.39. The van der Waals surface area contributed by atoms with Gasteiger partial charge in [0.25, 0.3) is 11.6 Å². The van der Waals surface area contributed by atoms with Gasteiger partial charge in [-0.2, -0.15) is 0 Å². The van der Waals surface area contributed by atoms with Crippen LogP contribution in [0.3, 0.4) is 0 Å². The molecule has 0 atom stereocenters. The zero-order chi connectivity index (χ0) is 22.1. The fourth-order valence-electron chi connectivity index (χ4n) is 3.38. The lowest BCUT2D eigenvalue weighted by atomic mass is 10.1. The molecule has 0 radical (unpaired) electrons. The molecule has 156 valence electrons. The van der Waals surface area contributed by atoms with Crippen molar-refractivity contribution in [1.82, 2.24) is 9.97 Å². The maximum absolute atomic E-state index is 12.8. The summed E-state index contributed by atoms with van der Waals surface area (Å²) in [5.41, 5.74) is 6.44. The maximum Gasteiger partial charge on any atom is 0.271 e. The van der Waals surface area contributed by atoms with Crippen molar-refractivity contribution >= 4 is 29.0 Å². The van der Waals surface area contributed by atoms with Crippen LogP contribution in [-0.2, 0) is 11.2 Å². The molecule has 0 saturated carbocycles. The second kappa shape index (κ2) is 7.82. The molecule has 4 rings (SSSR count). The molecule has 2 heterocycles. The van der Waals surface area contributed by atoms with Crippen molar-refractivity contribution in [2.75, 3.05) is 11.5 Å².